The molecule has 1 saturated carbocycles. The molecule has 0 spiro atoms. The van der Waals surface area contributed by atoms with E-state index in [1.165, 1.54) is 6.42 Å². The Labute approximate surface area is 59.7 Å². The average molecular weight is 145 g/mol. The van der Waals surface area contributed by atoms with Gasteiger partial charge in [0, 0.05) is 12.8 Å². The second kappa shape index (κ2) is 3.39. The van der Waals surface area contributed by atoms with E-state index in [1.54, 1.807) is 0 Å². The van der Waals surface area contributed by atoms with Gasteiger partial charge >= 0.3 is 0 Å². The van der Waals surface area contributed by atoms with E-state index in [1.807, 2.05) is 0 Å². The molecule has 0 unspecified atom stereocenters. The van der Waals surface area contributed by atoms with Crippen molar-refractivity contribution in [2.24, 2.45) is 5.28 Å². The van der Waals surface area contributed by atoms with E-state index in [0.29, 0.717) is 4.86 Å². The van der Waals surface area contributed by atoms with Gasteiger partial charge in [0.15, 0.2) is 0 Å². The smallest absolute Gasteiger partial charge is 0.237 e. The highest BCUT2D eigenvalue weighted by atomic mass is 16.6. The molecule has 0 saturated heterocycles. The van der Waals surface area contributed by atoms with Gasteiger partial charge in [-0.05, 0) is 12.8 Å². The molecular weight excluding hydrogens is 132 g/mol. The Kier molecular flexibility index (Phi) is 2.48. The van der Waals surface area contributed by atoms with Crippen LogP contribution in [0.25, 0.3) is 0 Å². The van der Waals surface area contributed by atoms with E-state index in [4.69, 9.17) is 10.4 Å². The summed E-state index contributed by atoms with van der Waals surface area (Å²) in [5.74, 6) is 0. The number of rotatable bonds is 1. The monoisotopic (exact) mass is 145 g/mol. The van der Waals surface area contributed by atoms with Crippen molar-refractivity contribution >= 4 is 0 Å². The summed E-state index contributed by atoms with van der Waals surface area (Å²) in [5, 5.41) is 19.8. The molecule has 1 rings (SSSR count). The van der Waals surface area contributed by atoms with Gasteiger partial charge in [-0.2, -0.15) is 0 Å². The second-order valence-corrected chi connectivity index (χ2v) is 2.70. The molecular formula is C6H13N2O2+. The van der Waals surface area contributed by atoms with Crippen LogP contribution in [0.15, 0.2) is 5.28 Å². The zero-order valence-electron chi connectivity index (χ0n) is 5.90. The molecule has 0 aromatic heterocycles. The Bertz CT molecular complexity index is 130. The van der Waals surface area contributed by atoms with Gasteiger partial charge in [-0.25, -0.2) is 0 Å². The van der Waals surface area contributed by atoms with E-state index in [0.717, 1.165) is 25.7 Å². The first-order valence-electron chi connectivity index (χ1n) is 3.67. The number of hydrogen-bond acceptors (Lipinski definition) is 1. The molecule has 0 aromatic rings. The molecule has 0 amide bonds. The maximum Gasteiger partial charge on any atom is 0.237 e. The topological polar surface area (TPSA) is 55.8 Å². The zero-order valence-corrected chi connectivity index (χ0v) is 5.90. The van der Waals surface area contributed by atoms with Crippen molar-refractivity contribution in [3.8, 4) is 0 Å². The van der Waals surface area contributed by atoms with Crippen molar-refractivity contribution in [3.63, 3.8) is 0 Å². The van der Waals surface area contributed by atoms with Gasteiger partial charge in [0.1, 0.15) is 4.86 Å². The van der Waals surface area contributed by atoms with E-state index in [9.17, 15) is 0 Å². The molecule has 1 aliphatic rings. The van der Waals surface area contributed by atoms with Crippen molar-refractivity contribution in [1.82, 2.24) is 0 Å². The van der Waals surface area contributed by atoms with Crippen LogP contribution in [0, 0.1) is 0 Å². The van der Waals surface area contributed by atoms with Crippen LogP contribution in [0.1, 0.15) is 32.1 Å². The molecule has 0 aromatic carbocycles. The highest BCUT2D eigenvalue weighted by Crippen LogP contribution is 2.19. The van der Waals surface area contributed by atoms with Gasteiger partial charge in [-0.1, -0.05) is 6.42 Å². The Morgan fingerprint density at radius 3 is 2.30 bits per heavy atom. The number of hydrogen-bond donors (Lipinski definition) is 2. The van der Waals surface area contributed by atoms with E-state index in [-0.39, 0.29) is 6.04 Å². The molecule has 0 bridgehead atoms. The minimum absolute atomic E-state index is 0.0405. The first-order chi connectivity index (χ1) is 4.84. The van der Waals surface area contributed by atoms with Crippen LogP contribution >= 0.6 is 0 Å². The third-order valence-electron chi connectivity index (χ3n) is 1.99. The fraction of sp³-hybridized carbons (Fsp3) is 1.00. The van der Waals surface area contributed by atoms with Gasteiger partial charge in [-0.15, -0.1) is 0 Å². The zero-order chi connectivity index (χ0) is 7.40. The average Bonchev–Trinajstić information content (AvgIpc) is 2.05. The minimum atomic E-state index is 0.0405. The predicted octanol–water partition coefficient (Wildman–Crippen LogP) is 1.56. The van der Waals surface area contributed by atoms with Gasteiger partial charge in [-0.3, -0.25) is 5.21 Å². The largest absolute Gasteiger partial charge is 0.359 e. The Morgan fingerprint density at radius 1 is 1.20 bits per heavy atom. The predicted molar refractivity (Wildman–Crippen MR) is 33.1 cm³/mol. The lowest BCUT2D eigenvalue weighted by Gasteiger charge is -2.11. The van der Waals surface area contributed by atoms with Crippen LogP contribution in [0.2, 0.25) is 0 Å². The van der Waals surface area contributed by atoms with Crippen molar-refractivity contribution in [1.29, 1.82) is 0 Å². The molecule has 2 N–H and O–H groups in total. The fourth-order valence-electron chi connectivity index (χ4n) is 1.39. The lowest BCUT2D eigenvalue weighted by atomic mass is 9.96. The van der Waals surface area contributed by atoms with Crippen LogP contribution in [-0.4, -0.2) is 21.3 Å². The normalized spacial score (nSPS) is 23.0. The first kappa shape index (κ1) is 7.31. The maximum absolute atomic E-state index is 8.90. The minimum Gasteiger partial charge on any atom is -0.359 e. The first-order valence-corrected chi connectivity index (χ1v) is 3.67. The van der Waals surface area contributed by atoms with Gasteiger partial charge < -0.3 is 5.21 Å². The summed E-state index contributed by atoms with van der Waals surface area (Å²) in [7, 11) is 0. The molecule has 0 heterocycles. The third-order valence-corrected chi connectivity index (χ3v) is 1.99. The van der Waals surface area contributed by atoms with Gasteiger partial charge in [0.2, 0.25) is 11.3 Å². The Morgan fingerprint density at radius 2 is 1.80 bits per heavy atom. The number of nitrogens with zero attached hydrogens (tertiary/aromatic N) is 2. The third kappa shape index (κ3) is 1.59. The summed E-state index contributed by atoms with van der Waals surface area (Å²) >= 11 is 0. The second-order valence-electron chi connectivity index (χ2n) is 2.70. The molecule has 1 fully saturated rings. The highest BCUT2D eigenvalue weighted by molar-refractivity contribution is 4.61. The molecule has 0 atom stereocenters. The SMILES string of the molecule is ON=[N+](O)C1CCCCC1. The van der Waals surface area contributed by atoms with Crippen molar-refractivity contribution < 1.29 is 15.3 Å². The lowest BCUT2D eigenvalue weighted by molar-refractivity contribution is -0.860. The highest BCUT2D eigenvalue weighted by Gasteiger charge is 2.25. The van der Waals surface area contributed by atoms with E-state index < -0.39 is 0 Å². The molecule has 0 aliphatic heterocycles. The summed E-state index contributed by atoms with van der Waals surface area (Å²) in [4.78, 5) is 0.666. The number of hydroxylamine groups is 1. The molecule has 0 radical (unpaired) electrons. The van der Waals surface area contributed by atoms with Crippen LogP contribution in [-0.2, 0) is 0 Å². The van der Waals surface area contributed by atoms with Gasteiger partial charge in [0.25, 0.3) is 0 Å². The van der Waals surface area contributed by atoms with Crippen LogP contribution < -0.4 is 0 Å². The summed E-state index contributed by atoms with van der Waals surface area (Å²) in [6.45, 7) is 0. The standard InChI is InChI=1S/C6H12N2O2/c9-7-8(10)6-4-2-1-3-5-6/h6,10H,1-5H2/p+1. The summed E-state index contributed by atoms with van der Waals surface area (Å²) in [6, 6.07) is 0.0405. The molecule has 1 aliphatic carbocycles. The molecule has 4 heteroatoms. The lowest BCUT2D eigenvalue weighted by Crippen LogP contribution is -2.24. The van der Waals surface area contributed by atoms with Crippen LogP contribution in [0.5, 0.6) is 0 Å². The van der Waals surface area contributed by atoms with Crippen molar-refractivity contribution in [3.05, 3.63) is 0 Å². The fourth-order valence-corrected chi connectivity index (χ4v) is 1.39. The quantitative estimate of drug-likeness (QED) is 0.334. The summed E-state index contributed by atoms with van der Waals surface area (Å²) in [5.41, 5.74) is 0. The molecule has 10 heavy (non-hydrogen) atoms. The van der Waals surface area contributed by atoms with Crippen LogP contribution in [0.4, 0.5) is 0 Å². The summed E-state index contributed by atoms with van der Waals surface area (Å²) < 4.78 is 0. The van der Waals surface area contributed by atoms with Crippen molar-refractivity contribution in [2.45, 2.75) is 38.1 Å². The molecule has 58 valence electrons. The Hall–Kier alpha value is -0.800. The van der Waals surface area contributed by atoms with E-state index >= 15 is 0 Å². The van der Waals surface area contributed by atoms with Gasteiger partial charge in [0.05, 0.1) is 0 Å². The molecule has 4 nitrogen and oxygen atoms in total. The van der Waals surface area contributed by atoms with E-state index in [2.05, 4.69) is 5.28 Å². The van der Waals surface area contributed by atoms with Crippen molar-refractivity contribution in [2.75, 3.05) is 0 Å². The Balaban J connectivity index is 2.39. The maximum atomic E-state index is 8.90. The van der Waals surface area contributed by atoms with Crippen LogP contribution in [0.3, 0.4) is 0 Å². The summed E-state index contributed by atoms with van der Waals surface area (Å²) in [6.07, 6.45) is 5.34.